The Morgan fingerprint density at radius 1 is 1.19 bits per heavy atom. The number of halogens is 3. The zero-order valence-corrected chi connectivity index (χ0v) is 12.0. The van der Waals surface area contributed by atoms with Gasteiger partial charge in [0, 0.05) is 0 Å². The van der Waals surface area contributed by atoms with E-state index in [1.165, 1.54) is 18.2 Å². The lowest BCUT2D eigenvalue weighted by atomic mass is 10.2. The molecule has 1 aromatic heterocycles. The molecule has 0 aliphatic rings. The summed E-state index contributed by atoms with van der Waals surface area (Å²) in [5, 5.41) is 9.64. The van der Waals surface area contributed by atoms with E-state index in [-0.39, 0.29) is 11.5 Å². The molecule has 0 spiro atoms. The Kier molecular flexibility index (Phi) is 3.20. The molecule has 3 aromatic rings. The second kappa shape index (κ2) is 4.92. The second-order valence-electron chi connectivity index (χ2n) is 4.34. The molecule has 0 bridgehead atoms. The molecule has 0 radical (unpaired) electrons. The van der Waals surface area contributed by atoms with Gasteiger partial charge in [0.1, 0.15) is 11.9 Å². The maximum absolute atomic E-state index is 13.4. The number of benzene rings is 2. The van der Waals surface area contributed by atoms with Crippen LogP contribution >= 0.6 is 23.2 Å². The summed E-state index contributed by atoms with van der Waals surface area (Å²) in [7, 11) is 0. The van der Waals surface area contributed by atoms with Gasteiger partial charge in [-0.25, -0.2) is 9.37 Å². The van der Waals surface area contributed by atoms with Crippen molar-refractivity contribution in [2.24, 2.45) is 0 Å². The van der Waals surface area contributed by atoms with Gasteiger partial charge in [0.15, 0.2) is 0 Å². The van der Waals surface area contributed by atoms with Crippen molar-refractivity contribution in [2.75, 3.05) is 5.73 Å². The predicted molar refractivity (Wildman–Crippen MR) is 80.2 cm³/mol. The quantitative estimate of drug-likeness (QED) is 0.738. The summed E-state index contributed by atoms with van der Waals surface area (Å²) in [6.07, 6.45) is 0. The molecule has 21 heavy (non-hydrogen) atoms. The van der Waals surface area contributed by atoms with Crippen LogP contribution in [-0.4, -0.2) is 9.55 Å². The third-order valence-electron chi connectivity index (χ3n) is 3.05. The van der Waals surface area contributed by atoms with Crippen molar-refractivity contribution >= 4 is 40.2 Å². The second-order valence-corrected chi connectivity index (χ2v) is 5.15. The molecule has 0 saturated heterocycles. The van der Waals surface area contributed by atoms with Crippen LogP contribution in [0.4, 0.5) is 10.3 Å². The first-order chi connectivity index (χ1) is 10.0. The molecular formula is C14H7Cl2FN4. The number of rotatable bonds is 1. The van der Waals surface area contributed by atoms with Gasteiger partial charge in [0.2, 0.25) is 5.95 Å². The van der Waals surface area contributed by atoms with Crippen molar-refractivity contribution in [3.8, 4) is 11.8 Å². The zero-order valence-electron chi connectivity index (χ0n) is 10.4. The minimum absolute atomic E-state index is 0.0752. The highest BCUT2D eigenvalue weighted by Crippen LogP contribution is 2.31. The number of fused-ring (bicyclic) bond motifs is 1. The van der Waals surface area contributed by atoms with E-state index in [9.17, 15) is 4.39 Å². The van der Waals surface area contributed by atoms with Crippen molar-refractivity contribution in [1.29, 1.82) is 5.26 Å². The van der Waals surface area contributed by atoms with Crippen LogP contribution in [-0.2, 0) is 0 Å². The van der Waals surface area contributed by atoms with Crippen LogP contribution in [0.15, 0.2) is 30.3 Å². The average molecular weight is 321 g/mol. The Hall–Kier alpha value is -2.29. The number of aromatic nitrogens is 2. The first kappa shape index (κ1) is 13.7. The molecule has 0 aliphatic carbocycles. The fourth-order valence-corrected chi connectivity index (χ4v) is 2.42. The van der Waals surface area contributed by atoms with Crippen LogP contribution in [0.1, 0.15) is 5.56 Å². The largest absolute Gasteiger partial charge is 0.369 e. The first-order valence-corrected chi connectivity index (χ1v) is 6.60. The van der Waals surface area contributed by atoms with Crippen molar-refractivity contribution in [1.82, 2.24) is 9.55 Å². The summed E-state index contributed by atoms with van der Waals surface area (Å²) in [5.41, 5.74) is 7.53. The van der Waals surface area contributed by atoms with Crippen molar-refractivity contribution in [3.05, 3.63) is 51.8 Å². The summed E-state index contributed by atoms with van der Waals surface area (Å²) < 4.78 is 15.0. The standard InChI is InChI=1S/C14H7Cl2FN4/c15-9-4-12-13(5-10(9)16)21(14(19)20-12)8-1-2-11(17)7(3-8)6-18/h1-5H,(H2,19,20). The maximum Gasteiger partial charge on any atom is 0.205 e. The lowest BCUT2D eigenvalue weighted by molar-refractivity contribution is 0.623. The summed E-state index contributed by atoms with van der Waals surface area (Å²) >= 11 is 12.0. The van der Waals surface area contributed by atoms with Crippen molar-refractivity contribution < 1.29 is 4.39 Å². The lowest BCUT2D eigenvalue weighted by Gasteiger charge is -2.07. The highest BCUT2D eigenvalue weighted by molar-refractivity contribution is 6.42. The monoisotopic (exact) mass is 320 g/mol. The third kappa shape index (κ3) is 2.19. The molecule has 1 heterocycles. The van der Waals surface area contributed by atoms with Gasteiger partial charge in [-0.1, -0.05) is 23.2 Å². The molecule has 2 N–H and O–H groups in total. The van der Waals surface area contributed by atoms with Gasteiger partial charge in [-0.3, -0.25) is 4.57 Å². The lowest BCUT2D eigenvalue weighted by Crippen LogP contribution is -2.01. The Morgan fingerprint density at radius 3 is 2.62 bits per heavy atom. The van der Waals surface area contributed by atoms with E-state index in [2.05, 4.69) is 4.98 Å². The van der Waals surface area contributed by atoms with Crippen LogP contribution in [0.2, 0.25) is 10.0 Å². The molecule has 0 fully saturated rings. The average Bonchev–Trinajstić information content (AvgIpc) is 2.75. The van der Waals surface area contributed by atoms with E-state index in [1.54, 1.807) is 22.8 Å². The smallest absolute Gasteiger partial charge is 0.205 e. The first-order valence-electron chi connectivity index (χ1n) is 5.84. The van der Waals surface area contributed by atoms with E-state index >= 15 is 0 Å². The molecule has 0 saturated carbocycles. The molecule has 104 valence electrons. The molecule has 3 rings (SSSR count). The molecule has 4 nitrogen and oxygen atoms in total. The number of hydrogen-bond acceptors (Lipinski definition) is 3. The number of nitrogen functional groups attached to an aromatic ring is 1. The van der Waals surface area contributed by atoms with Crippen LogP contribution < -0.4 is 5.73 Å². The van der Waals surface area contributed by atoms with Crippen molar-refractivity contribution in [3.63, 3.8) is 0 Å². The topological polar surface area (TPSA) is 67.6 Å². The number of anilines is 1. The van der Waals surface area contributed by atoms with Gasteiger partial charge in [0.25, 0.3) is 0 Å². The summed E-state index contributed by atoms with van der Waals surface area (Å²) in [6, 6.07) is 9.12. The highest BCUT2D eigenvalue weighted by atomic mass is 35.5. The minimum atomic E-state index is -0.592. The summed E-state index contributed by atoms with van der Waals surface area (Å²) in [5.74, 6) is -0.399. The van der Waals surface area contributed by atoms with Crippen molar-refractivity contribution in [2.45, 2.75) is 0 Å². The summed E-state index contributed by atoms with van der Waals surface area (Å²) in [4.78, 5) is 4.19. The van der Waals surface area contributed by atoms with Gasteiger partial charge in [-0.2, -0.15) is 5.26 Å². The number of nitrogens with zero attached hydrogens (tertiary/aromatic N) is 3. The van der Waals surface area contributed by atoms with Crippen LogP contribution in [0.3, 0.4) is 0 Å². The minimum Gasteiger partial charge on any atom is -0.369 e. The number of imidazole rings is 1. The number of hydrogen-bond donors (Lipinski definition) is 1. The Morgan fingerprint density at radius 2 is 1.90 bits per heavy atom. The Bertz CT molecular complexity index is 911. The van der Waals surface area contributed by atoms with Crippen LogP contribution in [0, 0.1) is 17.1 Å². The molecule has 2 aromatic carbocycles. The molecule has 7 heteroatoms. The number of nitriles is 1. The van der Waals surface area contributed by atoms with E-state index in [1.807, 2.05) is 0 Å². The van der Waals surface area contributed by atoms with E-state index < -0.39 is 5.82 Å². The van der Waals surface area contributed by atoms with E-state index in [4.69, 9.17) is 34.2 Å². The van der Waals surface area contributed by atoms with Gasteiger partial charge in [0.05, 0.1) is 32.3 Å². The zero-order chi connectivity index (χ0) is 15.1. The fraction of sp³-hybridized carbons (Fsp3) is 0. The Balaban J connectivity index is 2.32. The van der Waals surface area contributed by atoms with Gasteiger partial charge >= 0.3 is 0 Å². The molecule has 0 amide bonds. The highest BCUT2D eigenvalue weighted by Gasteiger charge is 2.14. The Labute approximate surface area is 129 Å². The maximum atomic E-state index is 13.4. The number of nitrogens with two attached hydrogens (primary N) is 1. The van der Waals surface area contributed by atoms with Crippen LogP contribution in [0.25, 0.3) is 16.7 Å². The third-order valence-corrected chi connectivity index (χ3v) is 3.77. The predicted octanol–water partition coefficient (Wildman–Crippen LogP) is 3.93. The van der Waals surface area contributed by atoms with Gasteiger partial charge in [-0.05, 0) is 30.3 Å². The summed E-state index contributed by atoms with van der Waals surface area (Å²) in [6.45, 7) is 0. The SMILES string of the molecule is N#Cc1cc(-n2c(N)nc3cc(Cl)c(Cl)cc32)ccc1F. The molecule has 0 atom stereocenters. The van der Waals surface area contributed by atoms with Gasteiger partial charge < -0.3 is 5.73 Å². The normalized spacial score (nSPS) is 10.8. The molecule has 0 aliphatic heterocycles. The van der Waals surface area contributed by atoms with Gasteiger partial charge in [-0.15, -0.1) is 0 Å². The van der Waals surface area contributed by atoms with Crippen LogP contribution in [0.5, 0.6) is 0 Å². The van der Waals surface area contributed by atoms with E-state index in [0.29, 0.717) is 26.8 Å². The molecular weight excluding hydrogens is 314 g/mol. The fourth-order valence-electron chi connectivity index (χ4n) is 2.10. The molecule has 0 unspecified atom stereocenters. The van der Waals surface area contributed by atoms with E-state index in [0.717, 1.165) is 0 Å².